The number of para-hydroxylation sites is 1. The van der Waals surface area contributed by atoms with Gasteiger partial charge in [-0.3, -0.25) is 0 Å². The molecule has 0 fully saturated rings. The second-order valence-electron chi connectivity index (χ2n) is 6.78. The largest absolute Gasteiger partial charge is 0.464 e. The molecule has 1 unspecified atom stereocenters. The van der Waals surface area contributed by atoms with Crippen molar-refractivity contribution in [2.24, 2.45) is 0 Å². The van der Waals surface area contributed by atoms with Gasteiger partial charge < -0.3 is 9.84 Å². The van der Waals surface area contributed by atoms with Crippen LogP contribution in [0.2, 0.25) is 5.15 Å². The number of halogens is 1. The van der Waals surface area contributed by atoms with Gasteiger partial charge >= 0.3 is 5.97 Å². The fourth-order valence-electron chi connectivity index (χ4n) is 3.36. The average Bonchev–Trinajstić information content (AvgIpc) is 2.68. The Morgan fingerprint density at radius 1 is 1.29 bits per heavy atom. The van der Waals surface area contributed by atoms with Gasteiger partial charge in [0.2, 0.25) is 0 Å². The van der Waals surface area contributed by atoms with E-state index in [4.69, 9.17) is 16.3 Å². The highest BCUT2D eigenvalue weighted by molar-refractivity contribution is 6.30. The van der Waals surface area contributed by atoms with Crippen LogP contribution in [0.4, 0.5) is 0 Å². The van der Waals surface area contributed by atoms with Gasteiger partial charge in [-0.15, -0.1) is 0 Å². The number of esters is 1. The van der Waals surface area contributed by atoms with E-state index in [2.05, 4.69) is 4.98 Å². The predicted molar refractivity (Wildman–Crippen MR) is 108 cm³/mol. The van der Waals surface area contributed by atoms with E-state index in [0.717, 1.165) is 22.0 Å². The standard InChI is InChI=1S/C22H24ClN2O3/c1-4-22(27,21(26)28-5-2)18-10-11-25(13-15(18)3)14-17-12-16-8-6-7-9-19(16)24-20(17)23/h6-13,27H,4-5,14H2,1-3H3/q+1. The zero-order valence-electron chi connectivity index (χ0n) is 16.3. The van der Waals surface area contributed by atoms with Crippen LogP contribution in [0.1, 0.15) is 37.0 Å². The van der Waals surface area contributed by atoms with E-state index in [9.17, 15) is 9.90 Å². The lowest BCUT2D eigenvalue weighted by Gasteiger charge is -2.25. The quantitative estimate of drug-likeness (QED) is 0.390. The Morgan fingerprint density at radius 2 is 2.04 bits per heavy atom. The van der Waals surface area contributed by atoms with Gasteiger partial charge in [0, 0.05) is 22.6 Å². The monoisotopic (exact) mass is 399 g/mol. The van der Waals surface area contributed by atoms with Crippen molar-refractivity contribution in [2.45, 2.75) is 39.3 Å². The molecule has 5 nitrogen and oxygen atoms in total. The third-order valence-corrected chi connectivity index (χ3v) is 5.22. The molecule has 3 rings (SSSR count). The molecular formula is C22H24ClN2O3+. The van der Waals surface area contributed by atoms with E-state index in [0.29, 0.717) is 17.3 Å². The third kappa shape index (κ3) is 3.86. The lowest BCUT2D eigenvalue weighted by Crippen LogP contribution is -2.40. The van der Waals surface area contributed by atoms with Gasteiger partial charge in [-0.1, -0.05) is 36.7 Å². The minimum atomic E-state index is -1.65. The van der Waals surface area contributed by atoms with Crippen molar-refractivity contribution < 1.29 is 19.2 Å². The number of fused-ring (bicyclic) bond motifs is 1. The maximum atomic E-state index is 12.3. The van der Waals surface area contributed by atoms with Gasteiger partial charge in [0.15, 0.2) is 24.5 Å². The summed E-state index contributed by atoms with van der Waals surface area (Å²) in [6.07, 6.45) is 3.95. The minimum Gasteiger partial charge on any atom is -0.464 e. The Hall–Kier alpha value is -2.50. The molecule has 0 aliphatic rings. The normalized spacial score (nSPS) is 13.3. The minimum absolute atomic E-state index is 0.223. The number of rotatable bonds is 6. The van der Waals surface area contributed by atoms with Crippen molar-refractivity contribution in [1.29, 1.82) is 0 Å². The number of hydrogen-bond donors (Lipinski definition) is 1. The number of pyridine rings is 2. The van der Waals surface area contributed by atoms with Crippen LogP contribution in [-0.2, 0) is 21.7 Å². The predicted octanol–water partition coefficient (Wildman–Crippen LogP) is 3.69. The number of carbonyl (C=O) groups is 1. The van der Waals surface area contributed by atoms with Crippen molar-refractivity contribution in [2.75, 3.05) is 6.61 Å². The summed E-state index contributed by atoms with van der Waals surface area (Å²) in [7, 11) is 0. The second-order valence-corrected chi connectivity index (χ2v) is 7.14. The molecule has 0 saturated carbocycles. The Kier molecular flexibility index (Phi) is 5.96. The molecular weight excluding hydrogens is 376 g/mol. The molecule has 0 spiro atoms. The van der Waals surface area contributed by atoms with Gasteiger partial charge in [-0.25, -0.2) is 14.3 Å². The van der Waals surface area contributed by atoms with Crippen LogP contribution in [0.3, 0.4) is 0 Å². The number of aromatic nitrogens is 2. The first kappa shape index (κ1) is 20.2. The van der Waals surface area contributed by atoms with Gasteiger partial charge in [-0.2, -0.15) is 0 Å². The summed E-state index contributed by atoms with van der Waals surface area (Å²) < 4.78 is 7.02. The topological polar surface area (TPSA) is 63.3 Å². The van der Waals surface area contributed by atoms with Crippen molar-refractivity contribution in [1.82, 2.24) is 4.98 Å². The molecule has 0 radical (unpaired) electrons. The van der Waals surface area contributed by atoms with Crippen molar-refractivity contribution in [3.8, 4) is 0 Å². The van der Waals surface area contributed by atoms with Crippen molar-refractivity contribution >= 4 is 28.5 Å². The highest BCUT2D eigenvalue weighted by atomic mass is 35.5. The summed E-state index contributed by atoms with van der Waals surface area (Å²) in [5.74, 6) is -0.625. The fraction of sp³-hybridized carbons (Fsp3) is 0.318. The van der Waals surface area contributed by atoms with E-state index in [1.165, 1.54) is 0 Å². The number of ether oxygens (including phenoxy) is 1. The Bertz CT molecular complexity index is 1020. The molecule has 2 aromatic heterocycles. The Morgan fingerprint density at radius 3 is 2.71 bits per heavy atom. The van der Waals surface area contributed by atoms with E-state index in [1.807, 2.05) is 54.2 Å². The highest BCUT2D eigenvalue weighted by Crippen LogP contribution is 2.28. The fourth-order valence-corrected chi connectivity index (χ4v) is 3.57. The molecule has 0 aliphatic heterocycles. The number of carbonyl (C=O) groups excluding carboxylic acids is 1. The molecule has 1 aromatic carbocycles. The molecule has 0 saturated heterocycles. The number of aliphatic hydroxyl groups is 1. The maximum Gasteiger partial charge on any atom is 0.342 e. The molecule has 3 aromatic rings. The number of hydrogen-bond acceptors (Lipinski definition) is 4. The van der Waals surface area contributed by atoms with Crippen LogP contribution < -0.4 is 4.57 Å². The molecule has 146 valence electrons. The first-order valence-electron chi connectivity index (χ1n) is 9.33. The zero-order valence-corrected chi connectivity index (χ0v) is 17.0. The van der Waals surface area contributed by atoms with E-state index in [-0.39, 0.29) is 13.0 Å². The Balaban J connectivity index is 1.93. The summed E-state index contributed by atoms with van der Waals surface area (Å²) in [5.41, 5.74) is 1.45. The van der Waals surface area contributed by atoms with Crippen LogP contribution in [0.25, 0.3) is 10.9 Å². The number of aryl methyl sites for hydroxylation is 1. The summed E-state index contributed by atoms with van der Waals surface area (Å²) in [6.45, 7) is 6.10. The SMILES string of the molecule is CCOC(=O)C(O)(CC)c1cc[n+](Cc2cc3ccccc3nc2Cl)cc1C. The molecule has 28 heavy (non-hydrogen) atoms. The van der Waals surface area contributed by atoms with Gasteiger partial charge in [0.25, 0.3) is 0 Å². The van der Waals surface area contributed by atoms with Crippen molar-refractivity contribution in [3.63, 3.8) is 0 Å². The molecule has 0 amide bonds. The first-order valence-corrected chi connectivity index (χ1v) is 9.70. The van der Waals surface area contributed by atoms with Crippen molar-refractivity contribution in [3.05, 3.63) is 70.6 Å². The summed E-state index contributed by atoms with van der Waals surface area (Å²) in [6, 6.07) is 11.6. The Labute approximate surface area is 169 Å². The third-order valence-electron chi connectivity index (χ3n) is 4.89. The molecule has 1 atom stereocenters. The molecule has 2 heterocycles. The zero-order chi connectivity index (χ0) is 20.3. The van der Waals surface area contributed by atoms with Gasteiger partial charge in [-0.05, 0) is 32.4 Å². The van der Waals surface area contributed by atoms with E-state index >= 15 is 0 Å². The number of benzene rings is 1. The van der Waals surface area contributed by atoms with Crippen LogP contribution in [-0.4, -0.2) is 22.7 Å². The summed E-state index contributed by atoms with van der Waals surface area (Å²) in [5, 5.41) is 12.4. The molecule has 0 aliphatic carbocycles. The van der Waals surface area contributed by atoms with Gasteiger partial charge in [0.1, 0.15) is 5.15 Å². The van der Waals surface area contributed by atoms with Crippen LogP contribution in [0, 0.1) is 6.92 Å². The van der Waals surface area contributed by atoms with Crippen LogP contribution in [0.15, 0.2) is 48.8 Å². The molecule has 0 bridgehead atoms. The maximum absolute atomic E-state index is 12.3. The van der Waals surface area contributed by atoms with Crippen LogP contribution >= 0.6 is 11.6 Å². The second kappa shape index (κ2) is 8.25. The first-order chi connectivity index (χ1) is 13.4. The van der Waals surface area contributed by atoms with Gasteiger partial charge in [0.05, 0.1) is 17.7 Å². The molecule has 6 heteroatoms. The lowest BCUT2D eigenvalue weighted by molar-refractivity contribution is -0.688. The smallest absolute Gasteiger partial charge is 0.342 e. The summed E-state index contributed by atoms with van der Waals surface area (Å²) >= 11 is 6.37. The number of nitrogens with zero attached hydrogens (tertiary/aromatic N) is 2. The molecule has 1 N–H and O–H groups in total. The van der Waals surface area contributed by atoms with E-state index < -0.39 is 11.6 Å². The van der Waals surface area contributed by atoms with Crippen LogP contribution in [0.5, 0.6) is 0 Å². The summed E-state index contributed by atoms with van der Waals surface area (Å²) in [4.78, 5) is 16.7. The average molecular weight is 400 g/mol. The highest BCUT2D eigenvalue weighted by Gasteiger charge is 2.39. The van der Waals surface area contributed by atoms with E-state index in [1.54, 1.807) is 19.9 Å². The lowest BCUT2D eigenvalue weighted by atomic mass is 9.89.